The van der Waals surface area contributed by atoms with E-state index in [1.165, 1.54) is 12.8 Å². The Hall–Kier alpha value is -0.0100. The molecule has 1 aliphatic rings. The minimum absolute atomic E-state index is 0. The average molecular weight is 232 g/mol. The highest BCUT2D eigenvalue weighted by molar-refractivity contribution is 5.85. The van der Waals surface area contributed by atoms with E-state index in [1.54, 1.807) is 0 Å². The lowest BCUT2D eigenvalue weighted by atomic mass is 9.56. The van der Waals surface area contributed by atoms with Crippen LogP contribution in [0.4, 0.5) is 0 Å². The highest BCUT2D eigenvalue weighted by Gasteiger charge is 2.45. The van der Waals surface area contributed by atoms with Gasteiger partial charge in [-0.05, 0) is 36.6 Å². The second-order valence-electron chi connectivity index (χ2n) is 6.08. The first-order valence-corrected chi connectivity index (χ1v) is 5.63. The van der Waals surface area contributed by atoms with Crippen LogP contribution in [0.2, 0.25) is 0 Å². The third-order valence-corrected chi connectivity index (χ3v) is 3.87. The van der Waals surface area contributed by atoms with Crippen LogP contribution < -0.4 is 5.32 Å². The van der Waals surface area contributed by atoms with Gasteiger partial charge in [-0.3, -0.25) is 0 Å². The summed E-state index contributed by atoms with van der Waals surface area (Å²) in [5, 5.41) is 3.43. The maximum absolute atomic E-state index is 4.01. The van der Waals surface area contributed by atoms with Crippen LogP contribution >= 0.6 is 12.4 Å². The first kappa shape index (κ1) is 15.0. The molecule has 1 saturated carbocycles. The Kier molecular flexibility index (Phi) is 4.88. The minimum Gasteiger partial charge on any atom is -0.317 e. The smallest absolute Gasteiger partial charge is 0.00746 e. The van der Waals surface area contributed by atoms with Crippen molar-refractivity contribution in [2.24, 2.45) is 16.7 Å². The van der Waals surface area contributed by atoms with Gasteiger partial charge in [0, 0.05) is 6.04 Å². The Morgan fingerprint density at radius 1 is 1.13 bits per heavy atom. The number of allylic oxidation sites excluding steroid dienone is 1. The molecule has 15 heavy (non-hydrogen) atoms. The predicted octanol–water partition coefficient (Wildman–Crippen LogP) is 3.64. The number of nitrogens with one attached hydrogen (secondary N) is 1. The van der Waals surface area contributed by atoms with Crippen LogP contribution in [0.1, 0.15) is 40.5 Å². The molecule has 0 aromatic carbocycles. The van der Waals surface area contributed by atoms with Gasteiger partial charge < -0.3 is 5.32 Å². The van der Waals surface area contributed by atoms with Crippen molar-refractivity contribution in [2.45, 2.75) is 46.6 Å². The molecular weight excluding hydrogens is 206 g/mol. The molecule has 1 rings (SSSR count). The lowest BCUT2D eigenvalue weighted by Crippen LogP contribution is -2.48. The zero-order chi connectivity index (χ0) is 11.0. The van der Waals surface area contributed by atoms with Gasteiger partial charge in [-0.1, -0.05) is 33.8 Å². The van der Waals surface area contributed by atoms with Crippen LogP contribution in [0.15, 0.2) is 12.7 Å². The number of halogens is 1. The number of hydrogen-bond donors (Lipinski definition) is 1. The summed E-state index contributed by atoms with van der Waals surface area (Å²) < 4.78 is 0. The summed E-state index contributed by atoms with van der Waals surface area (Å²) in [6, 6.07) is 0.663. The molecule has 0 aromatic heterocycles. The van der Waals surface area contributed by atoms with Crippen LogP contribution in [-0.2, 0) is 0 Å². The van der Waals surface area contributed by atoms with Gasteiger partial charge in [0.2, 0.25) is 0 Å². The Morgan fingerprint density at radius 3 is 1.80 bits per heavy atom. The van der Waals surface area contributed by atoms with Crippen molar-refractivity contribution in [1.29, 1.82) is 0 Å². The average Bonchev–Trinajstić information content (AvgIpc) is 2.00. The summed E-state index contributed by atoms with van der Waals surface area (Å²) in [4.78, 5) is 0. The van der Waals surface area contributed by atoms with Gasteiger partial charge in [0.05, 0.1) is 0 Å². The van der Waals surface area contributed by atoms with Crippen LogP contribution in [0.25, 0.3) is 0 Å². The molecular formula is C13H26ClN. The van der Waals surface area contributed by atoms with Gasteiger partial charge in [-0.25, -0.2) is 0 Å². The number of rotatable bonds is 2. The van der Waals surface area contributed by atoms with Crippen molar-refractivity contribution in [1.82, 2.24) is 5.32 Å². The first-order valence-electron chi connectivity index (χ1n) is 5.63. The molecule has 0 amide bonds. The van der Waals surface area contributed by atoms with Crippen molar-refractivity contribution in [3.8, 4) is 0 Å². The van der Waals surface area contributed by atoms with E-state index in [1.807, 2.05) is 0 Å². The lowest BCUT2D eigenvalue weighted by molar-refractivity contribution is 0.0290. The molecule has 1 nitrogen and oxygen atoms in total. The monoisotopic (exact) mass is 231 g/mol. The molecule has 0 heterocycles. The highest BCUT2D eigenvalue weighted by atomic mass is 35.5. The third kappa shape index (κ3) is 2.98. The third-order valence-electron chi connectivity index (χ3n) is 3.87. The Morgan fingerprint density at radius 2 is 1.53 bits per heavy atom. The molecule has 1 N–H and O–H groups in total. The standard InChI is InChI=1S/C13H25N.ClH/c1-7-11-12(2,3)8-10(14-6)9-13(11,4)5;/h7,10-11,14H,1,8-9H2,2-6H3;1H. The topological polar surface area (TPSA) is 12.0 Å². The maximum Gasteiger partial charge on any atom is 0.00746 e. The van der Waals surface area contributed by atoms with E-state index < -0.39 is 0 Å². The molecule has 1 aliphatic carbocycles. The summed E-state index contributed by atoms with van der Waals surface area (Å²) in [6.45, 7) is 13.5. The van der Waals surface area contributed by atoms with E-state index in [2.05, 4.69) is 52.7 Å². The van der Waals surface area contributed by atoms with Crippen molar-refractivity contribution in [2.75, 3.05) is 7.05 Å². The largest absolute Gasteiger partial charge is 0.317 e. The van der Waals surface area contributed by atoms with E-state index in [-0.39, 0.29) is 12.4 Å². The van der Waals surface area contributed by atoms with Gasteiger partial charge in [-0.2, -0.15) is 0 Å². The van der Waals surface area contributed by atoms with Gasteiger partial charge in [0.1, 0.15) is 0 Å². The summed E-state index contributed by atoms with van der Waals surface area (Å²) in [5.74, 6) is 0.625. The van der Waals surface area contributed by atoms with E-state index >= 15 is 0 Å². The maximum atomic E-state index is 4.01. The van der Waals surface area contributed by atoms with Gasteiger partial charge in [0.25, 0.3) is 0 Å². The molecule has 0 spiro atoms. The summed E-state index contributed by atoms with van der Waals surface area (Å²) in [5.41, 5.74) is 0.744. The Bertz CT molecular complexity index is 203. The fraction of sp³-hybridized carbons (Fsp3) is 0.846. The molecule has 0 aromatic rings. The molecule has 1 fully saturated rings. The predicted molar refractivity (Wildman–Crippen MR) is 70.6 cm³/mol. The van der Waals surface area contributed by atoms with E-state index in [4.69, 9.17) is 0 Å². The quantitative estimate of drug-likeness (QED) is 0.716. The molecule has 0 radical (unpaired) electrons. The minimum atomic E-state index is 0. The van der Waals surface area contributed by atoms with Gasteiger partial charge in [-0.15, -0.1) is 19.0 Å². The Labute approximate surface area is 101 Å². The summed E-state index contributed by atoms with van der Waals surface area (Å²) >= 11 is 0. The first-order chi connectivity index (χ1) is 6.33. The van der Waals surface area contributed by atoms with Crippen molar-refractivity contribution in [3.63, 3.8) is 0 Å². The fourth-order valence-electron chi connectivity index (χ4n) is 3.50. The molecule has 0 saturated heterocycles. The van der Waals surface area contributed by atoms with E-state index in [0.717, 1.165) is 0 Å². The van der Waals surface area contributed by atoms with E-state index in [9.17, 15) is 0 Å². The SMILES string of the molecule is C=CC1C(C)(C)CC(NC)CC1(C)C.Cl. The van der Waals surface area contributed by atoms with E-state index in [0.29, 0.717) is 22.8 Å². The Balaban J connectivity index is 0.00000196. The highest BCUT2D eigenvalue weighted by Crippen LogP contribution is 2.51. The molecule has 0 aliphatic heterocycles. The molecule has 0 bridgehead atoms. The van der Waals surface area contributed by atoms with Crippen molar-refractivity contribution in [3.05, 3.63) is 12.7 Å². The van der Waals surface area contributed by atoms with Gasteiger partial charge >= 0.3 is 0 Å². The lowest BCUT2D eigenvalue weighted by Gasteiger charge is -2.51. The van der Waals surface area contributed by atoms with Crippen molar-refractivity contribution < 1.29 is 0 Å². The van der Waals surface area contributed by atoms with Crippen LogP contribution in [0.3, 0.4) is 0 Å². The van der Waals surface area contributed by atoms with Crippen molar-refractivity contribution >= 4 is 12.4 Å². The van der Waals surface area contributed by atoms with Crippen LogP contribution in [-0.4, -0.2) is 13.1 Å². The van der Waals surface area contributed by atoms with Gasteiger partial charge in [0.15, 0.2) is 0 Å². The number of hydrogen-bond acceptors (Lipinski definition) is 1. The fourth-order valence-corrected chi connectivity index (χ4v) is 3.50. The zero-order valence-corrected chi connectivity index (χ0v) is 11.6. The molecule has 90 valence electrons. The van der Waals surface area contributed by atoms with Crippen LogP contribution in [0, 0.1) is 16.7 Å². The summed E-state index contributed by atoms with van der Waals surface area (Å²) in [6.07, 6.45) is 4.67. The summed E-state index contributed by atoms with van der Waals surface area (Å²) in [7, 11) is 2.07. The molecule has 2 heteroatoms. The normalized spacial score (nSPS) is 32.9. The zero-order valence-electron chi connectivity index (χ0n) is 10.8. The molecule has 0 atom stereocenters. The second-order valence-corrected chi connectivity index (χ2v) is 6.08. The van der Waals surface area contributed by atoms with Crippen LogP contribution in [0.5, 0.6) is 0 Å². The second kappa shape index (κ2) is 4.88. The molecule has 0 unspecified atom stereocenters.